The van der Waals surface area contributed by atoms with E-state index in [1.54, 1.807) is 11.4 Å². The van der Waals surface area contributed by atoms with Crippen molar-refractivity contribution < 1.29 is 13.9 Å². The molecule has 0 aliphatic carbocycles. The first-order valence-corrected chi connectivity index (χ1v) is 8.20. The monoisotopic (exact) mass is 371 g/mol. The molecule has 130 valence electrons. The molecule has 0 spiro atoms. The van der Waals surface area contributed by atoms with Crippen LogP contribution in [0.1, 0.15) is 47.4 Å². The van der Waals surface area contributed by atoms with E-state index in [0.717, 1.165) is 5.56 Å². The summed E-state index contributed by atoms with van der Waals surface area (Å²) in [7, 11) is 0. The van der Waals surface area contributed by atoms with E-state index >= 15 is 0 Å². The second kappa shape index (κ2) is 7.04. The van der Waals surface area contributed by atoms with Crippen molar-refractivity contribution in [2.24, 2.45) is 5.73 Å². The average Bonchev–Trinajstić information content (AvgIpc) is 2.94. The molecule has 1 atom stereocenters. The van der Waals surface area contributed by atoms with Crippen LogP contribution in [0, 0.1) is 5.82 Å². The Bertz CT molecular complexity index is 751. The Morgan fingerprint density at radius 1 is 1.54 bits per heavy atom. The van der Waals surface area contributed by atoms with Crippen molar-refractivity contribution in [3.05, 3.63) is 45.7 Å². The molecule has 2 aromatic rings. The third-order valence-corrected chi connectivity index (χ3v) is 4.57. The molecule has 1 amide bonds. The van der Waals surface area contributed by atoms with Crippen LogP contribution in [0.25, 0.3) is 0 Å². The number of amides is 1. The summed E-state index contributed by atoms with van der Waals surface area (Å²) in [6.45, 7) is 4.13. The lowest BCUT2D eigenvalue weighted by Crippen LogP contribution is -2.41. The average molecular weight is 372 g/mol. The van der Waals surface area contributed by atoms with E-state index < -0.39 is 5.60 Å². The van der Waals surface area contributed by atoms with E-state index in [2.05, 4.69) is 10.3 Å². The number of rotatable bonds is 3. The van der Waals surface area contributed by atoms with E-state index in [1.807, 2.05) is 13.8 Å². The van der Waals surface area contributed by atoms with Crippen LogP contribution in [0.5, 0.6) is 5.75 Å². The van der Waals surface area contributed by atoms with Gasteiger partial charge in [-0.3, -0.25) is 4.79 Å². The van der Waals surface area contributed by atoms with Gasteiger partial charge in [-0.1, -0.05) is 6.07 Å². The smallest absolute Gasteiger partial charge is 0.271 e. The van der Waals surface area contributed by atoms with Gasteiger partial charge in [0.1, 0.15) is 27.9 Å². The first kappa shape index (κ1) is 18.6. The van der Waals surface area contributed by atoms with Gasteiger partial charge in [0.05, 0.1) is 6.04 Å². The highest BCUT2D eigenvalue weighted by atomic mass is 35.5. The van der Waals surface area contributed by atoms with Crippen LogP contribution in [0.4, 0.5) is 4.39 Å². The Morgan fingerprint density at radius 2 is 2.29 bits per heavy atom. The van der Waals surface area contributed by atoms with Crippen LogP contribution in [0.15, 0.2) is 23.6 Å². The number of fused-ring (bicyclic) bond motifs is 1. The zero-order valence-electron chi connectivity index (χ0n) is 13.3. The molecular formula is C16H19ClFN3O2S. The number of hydrogen-bond acceptors (Lipinski definition) is 5. The van der Waals surface area contributed by atoms with Crippen molar-refractivity contribution in [2.75, 3.05) is 0 Å². The summed E-state index contributed by atoms with van der Waals surface area (Å²) in [6, 6.07) is 4.11. The molecule has 1 aromatic heterocycles. The minimum Gasteiger partial charge on any atom is -0.487 e. The number of nitrogens with two attached hydrogens (primary N) is 1. The lowest BCUT2D eigenvalue weighted by atomic mass is 9.89. The quantitative estimate of drug-likeness (QED) is 0.868. The Morgan fingerprint density at radius 3 is 2.96 bits per heavy atom. The van der Waals surface area contributed by atoms with Crippen molar-refractivity contribution in [3.8, 4) is 5.75 Å². The van der Waals surface area contributed by atoms with Crippen LogP contribution in [-0.4, -0.2) is 16.5 Å². The SMILES string of the molecule is CC1(C)CC(NC(=O)c2csc(CN)n2)c2ccc(F)cc2O1.Cl. The van der Waals surface area contributed by atoms with E-state index in [1.165, 1.54) is 23.5 Å². The van der Waals surface area contributed by atoms with Crippen molar-refractivity contribution in [1.29, 1.82) is 0 Å². The maximum atomic E-state index is 13.5. The summed E-state index contributed by atoms with van der Waals surface area (Å²) in [4.78, 5) is 16.6. The van der Waals surface area contributed by atoms with Crippen LogP contribution in [-0.2, 0) is 6.54 Å². The highest BCUT2D eigenvalue weighted by Gasteiger charge is 2.35. The largest absolute Gasteiger partial charge is 0.487 e. The summed E-state index contributed by atoms with van der Waals surface area (Å²) < 4.78 is 19.3. The number of nitrogens with zero attached hydrogens (tertiary/aromatic N) is 1. The minimum absolute atomic E-state index is 0. The lowest BCUT2D eigenvalue weighted by molar-refractivity contribution is 0.0615. The Balaban J connectivity index is 0.00000208. The fourth-order valence-electron chi connectivity index (χ4n) is 2.70. The number of halogens is 2. The Kier molecular flexibility index (Phi) is 5.47. The van der Waals surface area contributed by atoms with Crippen LogP contribution >= 0.6 is 23.7 Å². The second-order valence-corrected chi connectivity index (χ2v) is 7.05. The van der Waals surface area contributed by atoms with Gasteiger partial charge in [0.2, 0.25) is 0 Å². The molecule has 0 bridgehead atoms. The third kappa shape index (κ3) is 3.85. The van der Waals surface area contributed by atoms with Crippen molar-refractivity contribution >= 4 is 29.7 Å². The van der Waals surface area contributed by atoms with Gasteiger partial charge in [0, 0.05) is 30.0 Å². The maximum absolute atomic E-state index is 13.5. The molecule has 5 nitrogen and oxygen atoms in total. The number of aromatic nitrogens is 1. The van der Waals surface area contributed by atoms with Gasteiger partial charge in [0.25, 0.3) is 5.91 Å². The number of carbonyl (C=O) groups excluding carboxylic acids is 1. The molecule has 1 aromatic carbocycles. The number of ether oxygens (including phenoxy) is 1. The topological polar surface area (TPSA) is 77.2 Å². The normalized spacial score (nSPS) is 18.1. The van der Waals surface area contributed by atoms with Gasteiger partial charge in [-0.05, 0) is 19.9 Å². The molecule has 0 saturated carbocycles. The zero-order chi connectivity index (χ0) is 16.6. The molecule has 0 fully saturated rings. The van der Waals surface area contributed by atoms with E-state index in [0.29, 0.717) is 29.4 Å². The molecular weight excluding hydrogens is 353 g/mol. The first-order chi connectivity index (χ1) is 10.9. The predicted octanol–water partition coefficient (Wildman–Crippen LogP) is 3.19. The predicted molar refractivity (Wildman–Crippen MR) is 93.2 cm³/mol. The summed E-state index contributed by atoms with van der Waals surface area (Å²) in [5.74, 6) is -0.162. The van der Waals surface area contributed by atoms with Gasteiger partial charge in [0.15, 0.2) is 0 Å². The lowest BCUT2D eigenvalue weighted by Gasteiger charge is -2.37. The molecule has 1 aliphatic heterocycles. The second-order valence-electron chi connectivity index (χ2n) is 6.10. The van der Waals surface area contributed by atoms with E-state index in [-0.39, 0.29) is 30.2 Å². The number of hydrogen-bond donors (Lipinski definition) is 2. The van der Waals surface area contributed by atoms with Gasteiger partial charge in [-0.15, -0.1) is 23.7 Å². The molecule has 1 unspecified atom stereocenters. The van der Waals surface area contributed by atoms with Crippen molar-refractivity contribution in [1.82, 2.24) is 10.3 Å². The molecule has 0 radical (unpaired) electrons. The highest BCUT2D eigenvalue weighted by molar-refractivity contribution is 7.09. The minimum atomic E-state index is -0.497. The summed E-state index contributed by atoms with van der Waals surface area (Å²) in [5, 5.41) is 5.37. The van der Waals surface area contributed by atoms with E-state index in [4.69, 9.17) is 10.5 Å². The standard InChI is InChI=1S/C16H18FN3O2S.ClH/c1-16(2)6-11(10-4-3-9(17)5-13(10)22-16)20-15(21)12-8-23-14(7-18)19-12;/h3-5,8,11H,6-7,18H2,1-2H3,(H,20,21);1H. The molecule has 2 heterocycles. The van der Waals surface area contributed by atoms with Crippen molar-refractivity contribution in [3.63, 3.8) is 0 Å². The highest BCUT2D eigenvalue weighted by Crippen LogP contribution is 2.39. The number of benzene rings is 1. The van der Waals surface area contributed by atoms with Gasteiger partial charge < -0.3 is 15.8 Å². The van der Waals surface area contributed by atoms with Crippen LogP contribution in [0.3, 0.4) is 0 Å². The number of thiazole rings is 1. The van der Waals surface area contributed by atoms with Gasteiger partial charge >= 0.3 is 0 Å². The Labute approximate surface area is 149 Å². The zero-order valence-corrected chi connectivity index (χ0v) is 15.0. The third-order valence-electron chi connectivity index (χ3n) is 3.70. The maximum Gasteiger partial charge on any atom is 0.271 e. The molecule has 1 aliphatic rings. The molecule has 3 rings (SSSR count). The van der Waals surface area contributed by atoms with Crippen LogP contribution < -0.4 is 15.8 Å². The van der Waals surface area contributed by atoms with Crippen LogP contribution in [0.2, 0.25) is 0 Å². The van der Waals surface area contributed by atoms with Gasteiger partial charge in [-0.2, -0.15) is 0 Å². The molecule has 8 heteroatoms. The van der Waals surface area contributed by atoms with Crippen molar-refractivity contribution in [2.45, 2.75) is 38.5 Å². The van der Waals surface area contributed by atoms with Gasteiger partial charge in [-0.25, -0.2) is 9.37 Å². The Hall–Kier alpha value is -1.70. The van der Waals surface area contributed by atoms with E-state index in [9.17, 15) is 9.18 Å². The summed E-state index contributed by atoms with van der Waals surface area (Å²) in [5.41, 5.74) is 6.15. The number of carbonyl (C=O) groups is 1. The molecule has 3 N–H and O–H groups in total. The number of nitrogens with one attached hydrogen (secondary N) is 1. The summed E-state index contributed by atoms with van der Waals surface area (Å²) >= 11 is 1.36. The molecule has 0 saturated heterocycles. The fraction of sp³-hybridized carbons (Fsp3) is 0.375. The summed E-state index contributed by atoms with van der Waals surface area (Å²) in [6.07, 6.45) is 0.589. The first-order valence-electron chi connectivity index (χ1n) is 7.32. The molecule has 24 heavy (non-hydrogen) atoms. The fourth-order valence-corrected chi connectivity index (χ4v) is 3.35.